The van der Waals surface area contributed by atoms with Gasteiger partial charge in [-0.15, -0.1) is 0 Å². The van der Waals surface area contributed by atoms with E-state index in [0.29, 0.717) is 48.5 Å². The lowest BCUT2D eigenvalue weighted by Gasteiger charge is -2.35. The fraction of sp³-hybridized carbons (Fsp3) is 0.370. The Morgan fingerprint density at radius 2 is 2.15 bits per heavy atom. The first-order valence-corrected chi connectivity index (χ1v) is 11.5. The Kier molecular flexibility index (Phi) is 7.71. The number of nitrogens with zero attached hydrogens (tertiary/aromatic N) is 3. The highest BCUT2D eigenvalue weighted by Gasteiger charge is 2.34. The summed E-state index contributed by atoms with van der Waals surface area (Å²) in [6, 6.07) is 12.7. The number of ether oxygens (including phenoxy) is 1. The van der Waals surface area contributed by atoms with E-state index in [1.54, 1.807) is 37.7 Å². The molecule has 2 aromatic heterocycles. The molecule has 0 bridgehead atoms. The van der Waals surface area contributed by atoms with Crippen LogP contribution < -0.4 is 4.74 Å². The second-order valence-electron chi connectivity index (χ2n) is 8.57. The van der Waals surface area contributed by atoms with E-state index in [4.69, 9.17) is 4.74 Å². The molecule has 176 valence electrons. The second kappa shape index (κ2) is 11.1. The van der Waals surface area contributed by atoms with Crippen LogP contribution in [-0.2, 0) is 4.79 Å². The third-order valence-corrected chi connectivity index (χ3v) is 6.45. The van der Waals surface area contributed by atoms with Crippen molar-refractivity contribution in [1.29, 1.82) is 0 Å². The second-order valence-corrected chi connectivity index (χ2v) is 8.57. The predicted molar refractivity (Wildman–Crippen MR) is 128 cm³/mol. The van der Waals surface area contributed by atoms with Gasteiger partial charge in [0.15, 0.2) is 0 Å². The van der Waals surface area contributed by atoms with Crippen molar-refractivity contribution >= 4 is 16.9 Å². The summed E-state index contributed by atoms with van der Waals surface area (Å²) in [6.07, 6.45) is 3.60. The van der Waals surface area contributed by atoms with Gasteiger partial charge in [-0.1, -0.05) is 12.0 Å². The number of likely N-dealkylation sites (tertiary alicyclic amines) is 1. The maximum Gasteiger partial charge on any atom is 0.308 e. The molecule has 3 heterocycles. The molecule has 4 rings (SSSR count). The van der Waals surface area contributed by atoms with E-state index in [-0.39, 0.29) is 12.3 Å². The number of rotatable bonds is 7. The summed E-state index contributed by atoms with van der Waals surface area (Å²) in [5, 5.41) is 10.5. The molecule has 1 aliphatic rings. The summed E-state index contributed by atoms with van der Waals surface area (Å²) in [5.41, 5.74) is 1.98. The third-order valence-electron chi connectivity index (χ3n) is 6.45. The molecule has 6 nitrogen and oxygen atoms in total. The topological polar surface area (TPSA) is 75.5 Å². The Morgan fingerprint density at radius 3 is 2.91 bits per heavy atom. The minimum atomic E-state index is -1.20. The molecule has 1 aliphatic heterocycles. The fourth-order valence-corrected chi connectivity index (χ4v) is 4.58. The van der Waals surface area contributed by atoms with Crippen molar-refractivity contribution in [2.24, 2.45) is 11.8 Å². The Hall–Kier alpha value is -3.50. The first-order valence-electron chi connectivity index (χ1n) is 11.5. The number of aromatic nitrogens is 2. The molecule has 0 spiro atoms. The molecule has 1 N–H and O–H groups in total. The molecule has 0 radical (unpaired) electrons. The monoisotopic (exact) mass is 461 g/mol. The van der Waals surface area contributed by atoms with Crippen LogP contribution >= 0.6 is 0 Å². The molecule has 34 heavy (non-hydrogen) atoms. The molecule has 1 fully saturated rings. The van der Waals surface area contributed by atoms with Gasteiger partial charge in [0.05, 0.1) is 25.1 Å². The number of carboxylic acid groups (broad SMARTS) is 1. The number of hydrogen-bond donors (Lipinski definition) is 1. The zero-order valence-electron chi connectivity index (χ0n) is 19.2. The number of piperidine rings is 1. The molecule has 7 heteroatoms. The molecule has 0 aliphatic carbocycles. The van der Waals surface area contributed by atoms with E-state index >= 15 is 4.39 Å². The molecule has 1 aromatic carbocycles. The van der Waals surface area contributed by atoms with Crippen molar-refractivity contribution in [3.8, 4) is 17.6 Å². The molecular weight excluding hydrogens is 433 g/mol. The summed E-state index contributed by atoms with van der Waals surface area (Å²) in [7, 11) is 1.58. The number of pyridine rings is 2. The van der Waals surface area contributed by atoms with E-state index in [9.17, 15) is 9.90 Å². The highest BCUT2D eigenvalue weighted by Crippen LogP contribution is 2.35. The number of hydrogen-bond acceptors (Lipinski definition) is 5. The summed E-state index contributed by atoms with van der Waals surface area (Å²) in [6.45, 7) is 1.66. The number of alkyl halides is 1. The maximum atomic E-state index is 15.3. The largest absolute Gasteiger partial charge is 0.497 e. The molecule has 0 saturated carbocycles. The van der Waals surface area contributed by atoms with Crippen molar-refractivity contribution in [3.63, 3.8) is 0 Å². The van der Waals surface area contributed by atoms with Crippen molar-refractivity contribution in [3.05, 3.63) is 66.1 Å². The SMILES string of the molecule is COc1ccc2nccc([C@H](F)CC[C@@H]3CCN(CC#Cc4ccccn4)C[C@@H]3C(=O)O)c2c1. The van der Waals surface area contributed by atoms with Crippen LogP contribution in [0.4, 0.5) is 4.39 Å². The Morgan fingerprint density at radius 1 is 1.26 bits per heavy atom. The van der Waals surface area contributed by atoms with E-state index in [2.05, 4.69) is 26.7 Å². The molecule has 3 atom stereocenters. The lowest BCUT2D eigenvalue weighted by Crippen LogP contribution is -2.44. The highest BCUT2D eigenvalue weighted by molar-refractivity contribution is 5.83. The quantitative estimate of drug-likeness (QED) is 0.522. The normalized spacial score (nSPS) is 19.2. The lowest BCUT2D eigenvalue weighted by atomic mass is 9.81. The average molecular weight is 462 g/mol. The summed E-state index contributed by atoms with van der Waals surface area (Å²) < 4.78 is 20.6. The van der Waals surface area contributed by atoms with E-state index in [0.717, 1.165) is 11.9 Å². The van der Waals surface area contributed by atoms with Gasteiger partial charge in [-0.2, -0.15) is 0 Å². The standard InChI is InChI=1S/C27H28FN3O3/c1-34-21-8-10-26-23(17-21)22(11-14-30-26)25(28)9-7-19-12-16-31(18-24(19)27(32)33)15-4-6-20-5-2-3-13-29-20/h2-3,5,8,10-11,13-14,17,19,24-25H,7,9,12,15-16,18H2,1H3,(H,32,33)/t19-,24+,25-/m1/s1. The van der Waals surface area contributed by atoms with Crippen LogP contribution in [0.25, 0.3) is 10.9 Å². The minimum Gasteiger partial charge on any atom is -0.497 e. The van der Waals surface area contributed by atoms with Crippen LogP contribution in [0.15, 0.2) is 54.9 Å². The predicted octanol–water partition coefficient (Wildman–Crippen LogP) is 4.50. The van der Waals surface area contributed by atoms with Crippen LogP contribution in [0.5, 0.6) is 5.75 Å². The number of aliphatic carboxylic acids is 1. The Labute approximate surface area is 198 Å². The van der Waals surface area contributed by atoms with Crippen molar-refractivity contribution in [1.82, 2.24) is 14.9 Å². The van der Waals surface area contributed by atoms with Crippen LogP contribution in [0.2, 0.25) is 0 Å². The third kappa shape index (κ3) is 5.70. The molecule has 1 saturated heterocycles. The highest BCUT2D eigenvalue weighted by atomic mass is 19.1. The van der Waals surface area contributed by atoms with Gasteiger partial charge >= 0.3 is 5.97 Å². The zero-order chi connectivity index (χ0) is 23.9. The van der Waals surface area contributed by atoms with Crippen molar-refractivity contribution in [2.45, 2.75) is 25.4 Å². The van der Waals surface area contributed by atoms with E-state index in [1.165, 1.54) is 0 Å². The molecular formula is C27H28FN3O3. The number of halogens is 1. The summed E-state index contributed by atoms with van der Waals surface area (Å²) in [5.74, 6) is 5.32. The van der Waals surface area contributed by atoms with Crippen molar-refractivity contribution in [2.75, 3.05) is 26.7 Å². The zero-order valence-corrected chi connectivity index (χ0v) is 19.2. The fourth-order valence-electron chi connectivity index (χ4n) is 4.58. The van der Waals surface area contributed by atoms with Gasteiger partial charge in [-0.3, -0.25) is 14.7 Å². The number of fused-ring (bicyclic) bond motifs is 1. The van der Waals surface area contributed by atoms with Crippen molar-refractivity contribution < 1.29 is 19.0 Å². The van der Waals surface area contributed by atoms with Gasteiger partial charge < -0.3 is 9.84 Å². The van der Waals surface area contributed by atoms with Crippen LogP contribution in [0, 0.1) is 23.7 Å². The minimum absolute atomic E-state index is 0.0709. The lowest BCUT2D eigenvalue weighted by molar-refractivity contribution is -0.146. The smallest absolute Gasteiger partial charge is 0.308 e. The van der Waals surface area contributed by atoms with E-state index < -0.39 is 18.1 Å². The van der Waals surface area contributed by atoms with Crippen LogP contribution in [0.1, 0.15) is 36.7 Å². The number of carbonyl (C=O) groups is 1. The first kappa shape index (κ1) is 23.7. The molecule has 0 amide bonds. The van der Waals surface area contributed by atoms with Crippen LogP contribution in [-0.4, -0.2) is 52.7 Å². The van der Waals surface area contributed by atoms with Gasteiger partial charge in [0.2, 0.25) is 0 Å². The van der Waals surface area contributed by atoms with Gasteiger partial charge in [-0.05, 0) is 79.6 Å². The Balaban J connectivity index is 1.38. The molecule has 0 unspecified atom stereocenters. The van der Waals surface area contributed by atoms with Gasteiger partial charge in [0.1, 0.15) is 17.6 Å². The van der Waals surface area contributed by atoms with Gasteiger partial charge in [0.25, 0.3) is 0 Å². The first-order chi connectivity index (χ1) is 16.5. The Bertz CT molecular complexity index is 1190. The van der Waals surface area contributed by atoms with Gasteiger partial charge in [-0.25, -0.2) is 9.37 Å². The average Bonchev–Trinajstić information content (AvgIpc) is 2.87. The van der Waals surface area contributed by atoms with E-state index in [1.807, 2.05) is 24.3 Å². The van der Waals surface area contributed by atoms with Gasteiger partial charge in [0, 0.05) is 24.3 Å². The summed E-state index contributed by atoms with van der Waals surface area (Å²) in [4.78, 5) is 22.5. The molecule has 3 aromatic rings. The number of carboxylic acids is 1. The summed E-state index contributed by atoms with van der Waals surface area (Å²) >= 11 is 0. The number of benzene rings is 1. The van der Waals surface area contributed by atoms with Crippen LogP contribution in [0.3, 0.4) is 0 Å². The maximum absolute atomic E-state index is 15.3. The number of methoxy groups -OCH3 is 1.